The predicted molar refractivity (Wildman–Crippen MR) is 120 cm³/mol. The number of hydrogen-bond acceptors (Lipinski definition) is 4. The molecule has 0 aromatic heterocycles. The molecule has 0 unspecified atom stereocenters. The van der Waals surface area contributed by atoms with Crippen molar-refractivity contribution < 1.29 is 39.6 Å². The number of hydrogen-bond donors (Lipinski definition) is 0. The van der Waals surface area contributed by atoms with Gasteiger partial charge < -0.3 is 4.90 Å². The van der Waals surface area contributed by atoms with Crippen molar-refractivity contribution in [2.75, 3.05) is 32.7 Å². The predicted octanol–water partition coefficient (Wildman–Crippen LogP) is 4.37. The highest BCUT2D eigenvalue weighted by atomic mass is 32.2. The number of sulfonamides is 1. The Morgan fingerprint density at radius 3 is 1.92 bits per heavy atom. The van der Waals surface area contributed by atoms with Gasteiger partial charge in [-0.15, -0.1) is 0 Å². The Labute approximate surface area is 207 Å². The van der Waals surface area contributed by atoms with E-state index in [1.165, 1.54) is 0 Å². The van der Waals surface area contributed by atoms with E-state index in [4.69, 9.17) is 0 Å². The number of amides is 1. The Hall–Kier alpha value is -1.86. The zero-order valence-corrected chi connectivity index (χ0v) is 21.0. The molecule has 0 radical (unpaired) electrons. The lowest BCUT2D eigenvalue weighted by atomic mass is 9.85. The summed E-state index contributed by atoms with van der Waals surface area (Å²) in [6, 6.07) is 1.77. The fraction of sp³-hybridized carbons (Fsp3) is 0.696. The normalized spacial score (nSPS) is 22.9. The molecule has 1 aromatic rings. The lowest BCUT2D eigenvalue weighted by Gasteiger charge is -2.40. The van der Waals surface area contributed by atoms with Crippen molar-refractivity contribution in [2.45, 2.75) is 68.9 Å². The molecule has 1 saturated carbocycles. The Morgan fingerprint density at radius 2 is 1.47 bits per heavy atom. The first-order valence-electron chi connectivity index (χ1n) is 11.9. The second-order valence-corrected chi connectivity index (χ2v) is 11.5. The molecule has 2 aliphatic rings. The van der Waals surface area contributed by atoms with Crippen LogP contribution in [0.25, 0.3) is 0 Å². The summed E-state index contributed by atoms with van der Waals surface area (Å²) < 4.78 is 105. The average molecular weight is 544 g/mol. The summed E-state index contributed by atoms with van der Waals surface area (Å²) in [6.45, 7) is 5.01. The number of piperazine rings is 1. The molecule has 0 bridgehead atoms. The molecule has 1 amide bonds. The van der Waals surface area contributed by atoms with Gasteiger partial charge in [0.2, 0.25) is 15.9 Å². The summed E-state index contributed by atoms with van der Waals surface area (Å²) in [5, 5.41) is 0. The van der Waals surface area contributed by atoms with E-state index in [0.29, 0.717) is 47.7 Å². The third-order valence-corrected chi connectivity index (χ3v) is 8.85. The van der Waals surface area contributed by atoms with E-state index in [9.17, 15) is 39.6 Å². The van der Waals surface area contributed by atoms with Gasteiger partial charge in [0.1, 0.15) is 6.54 Å². The number of benzene rings is 1. The Morgan fingerprint density at radius 1 is 0.944 bits per heavy atom. The topological polar surface area (TPSA) is 60.9 Å². The smallest absolute Gasteiger partial charge is 0.340 e. The zero-order chi connectivity index (χ0) is 26.9. The van der Waals surface area contributed by atoms with Crippen molar-refractivity contribution in [3.63, 3.8) is 0 Å². The van der Waals surface area contributed by atoms with Crippen molar-refractivity contribution in [3.8, 4) is 0 Å². The number of alkyl halides is 6. The molecule has 1 heterocycles. The van der Waals surface area contributed by atoms with Crippen molar-refractivity contribution in [3.05, 3.63) is 29.8 Å². The molecule has 3 rings (SSSR count). The first kappa shape index (κ1) is 28.7. The molecular formula is C23H31F6N3O3S. The van der Waals surface area contributed by atoms with E-state index in [0.717, 1.165) is 13.1 Å². The fourth-order valence-corrected chi connectivity index (χ4v) is 6.54. The maximum absolute atomic E-state index is 13.3. The molecule has 6 nitrogen and oxygen atoms in total. The number of halogens is 6. The van der Waals surface area contributed by atoms with Gasteiger partial charge in [-0.05, 0) is 63.8 Å². The molecule has 1 aliphatic carbocycles. The van der Waals surface area contributed by atoms with Crippen LogP contribution in [-0.2, 0) is 21.0 Å². The highest BCUT2D eigenvalue weighted by molar-refractivity contribution is 7.89. The van der Waals surface area contributed by atoms with Crippen LogP contribution in [0.3, 0.4) is 0 Å². The first-order valence-corrected chi connectivity index (χ1v) is 13.3. The molecule has 1 aromatic carbocycles. The molecule has 1 saturated heterocycles. The van der Waals surface area contributed by atoms with E-state index < -0.39 is 51.3 Å². The minimum absolute atomic E-state index is 0.0539. The van der Waals surface area contributed by atoms with Gasteiger partial charge in [0.05, 0.1) is 10.5 Å². The van der Waals surface area contributed by atoms with Crippen LogP contribution in [-0.4, -0.2) is 79.4 Å². The molecule has 0 spiro atoms. The van der Waals surface area contributed by atoms with E-state index in [2.05, 4.69) is 18.7 Å². The van der Waals surface area contributed by atoms with Crippen molar-refractivity contribution in [1.82, 2.24) is 14.1 Å². The highest BCUT2D eigenvalue weighted by Gasteiger charge is 2.43. The number of carbonyl (C=O) groups excluding carboxylic acids is 1. The quantitative estimate of drug-likeness (QED) is 0.500. The van der Waals surface area contributed by atoms with E-state index >= 15 is 0 Å². The van der Waals surface area contributed by atoms with Gasteiger partial charge in [0, 0.05) is 44.2 Å². The highest BCUT2D eigenvalue weighted by Crippen LogP contribution is 2.35. The van der Waals surface area contributed by atoms with Crippen LogP contribution in [0, 0.1) is 5.92 Å². The van der Waals surface area contributed by atoms with Gasteiger partial charge in [-0.2, -0.15) is 30.6 Å². The zero-order valence-electron chi connectivity index (χ0n) is 20.1. The van der Waals surface area contributed by atoms with E-state index in [-0.39, 0.29) is 31.6 Å². The van der Waals surface area contributed by atoms with Gasteiger partial charge in [-0.1, -0.05) is 0 Å². The summed E-state index contributed by atoms with van der Waals surface area (Å²) in [7, 11) is -4.72. The van der Waals surface area contributed by atoms with Crippen LogP contribution >= 0.6 is 0 Å². The Balaban J connectivity index is 1.71. The van der Waals surface area contributed by atoms with Gasteiger partial charge in [0.15, 0.2) is 0 Å². The minimum atomic E-state index is -4.85. The summed E-state index contributed by atoms with van der Waals surface area (Å²) >= 11 is 0. The summed E-state index contributed by atoms with van der Waals surface area (Å²) in [6.07, 6.45) is -8.96. The van der Waals surface area contributed by atoms with Crippen molar-refractivity contribution >= 4 is 15.9 Å². The second kappa shape index (κ2) is 10.9. The monoisotopic (exact) mass is 543 g/mol. The Bertz CT molecular complexity index is 995. The van der Waals surface area contributed by atoms with Crippen LogP contribution in [0.15, 0.2) is 29.2 Å². The lowest BCUT2D eigenvalue weighted by Crippen LogP contribution is -2.53. The second-order valence-electron chi connectivity index (χ2n) is 9.65. The maximum atomic E-state index is 13.3. The molecule has 36 heavy (non-hydrogen) atoms. The van der Waals surface area contributed by atoms with Crippen LogP contribution in [0.1, 0.15) is 45.1 Å². The molecule has 0 atom stereocenters. The molecule has 204 valence electrons. The van der Waals surface area contributed by atoms with Crippen LogP contribution < -0.4 is 0 Å². The largest absolute Gasteiger partial charge is 0.416 e. The Kier molecular flexibility index (Phi) is 8.66. The summed E-state index contributed by atoms with van der Waals surface area (Å²) in [5.41, 5.74) is -1.10. The lowest BCUT2D eigenvalue weighted by molar-refractivity contribution is -0.144. The minimum Gasteiger partial charge on any atom is -0.340 e. The summed E-state index contributed by atoms with van der Waals surface area (Å²) in [4.78, 5) is 16.3. The fourth-order valence-electron chi connectivity index (χ4n) is 4.87. The van der Waals surface area contributed by atoms with E-state index in [1.807, 2.05) is 0 Å². The van der Waals surface area contributed by atoms with Crippen molar-refractivity contribution in [1.29, 1.82) is 0 Å². The standard InChI is InChI=1S/C23H31F6N3O3S/c1-16(2)30-11-13-31(14-12-30)21(33)17-3-7-19(8-4-17)32(15-22(24,25)26)36(34,35)20-9-5-18(6-10-20)23(27,28)29/h5-6,9-10,16-17,19H,3-4,7-8,11-15H2,1-2H3/t17-,19-. The third-order valence-electron chi connectivity index (χ3n) is 6.93. The van der Waals surface area contributed by atoms with Gasteiger partial charge in [0.25, 0.3) is 0 Å². The summed E-state index contributed by atoms with van der Waals surface area (Å²) in [5.74, 6) is -0.460. The van der Waals surface area contributed by atoms with Gasteiger partial charge in [-0.3, -0.25) is 9.69 Å². The first-order chi connectivity index (χ1) is 16.6. The van der Waals surface area contributed by atoms with Crippen LogP contribution in [0.4, 0.5) is 26.3 Å². The molecule has 1 aliphatic heterocycles. The maximum Gasteiger partial charge on any atom is 0.416 e. The van der Waals surface area contributed by atoms with Gasteiger partial charge in [-0.25, -0.2) is 8.42 Å². The van der Waals surface area contributed by atoms with Crippen LogP contribution in [0.2, 0.25) is 0 Å². The molecular weight excluding hydrogens is 512 g/mol. The average Bonchev–Trinajstić information content (AvgIpc) is 2.81. The van der Waals surface area contributed by atoms with Gasteiger partial charge >= 0.3 is 12.4 Å². The third kappa shape index (κ3) is 6.91. The van der Waals surface area contributed by atoms with Crippen LogP contribution in [0.5, 0.6) is 0 Å². The SMILES string of the molecule is CC(C)N1CCN(C(=O)[C@H]2CC[C@H](N(CC(F)(F)F)S(=O)(=O)c3ccc(C(F)(F)F)cc3)CC2)CC1. The van der Waals surface area contributed by atoms with Crippen molar-refractivity contribution in [2.24, 2.45) is 5.92 Å². The van der Waals surface area contributed by atoms with E-state index in [1.54, 1.807) is 4.90 Å². The number of rotatable bonds is 6. The number of nitrogens with zero attached hydrogens (tertiary/aromatic N) is 3. The molecule has 0 N–H and O–H groups in total. The molecule has 2 fully saturated rings. The number of carbonyl (C=O) groups is 1. The molecule has 13 heteroatoms.